The van der Waals surface area contributed by atoms with Gasteiger partial charge in [-0.15, -0.1) is 11.3 Å². The maximum Gasteiger partial charge on any atom is 0.259 e. The summed E-state index contributed by atoms with van der Waals surface area (Å²) in [6, 6.07) is 15.3. The highest BCUT2D eigenvalue weighted by Gasteiger charge is 2.15. The number of fused-ring (bicyclic) bond motifs is 1. The van der Waals surface area contributed by atoms with Crippen molar-refractivity contribution in [3.63, 3.8) is 0 Å². The van der Waals surface area contributed by atoms with Crippen molar-refractivity contribution in [2.45, 2.75) is 0 Å². The second-order valence-corrected chi connectivity index (χ2v) is 5.84. The zero-order valence-corrected chi connectivity index (χ0v) is 12.8. The Hall–Kier alpha value is -2.99. The molecule has 0 fully saturated rings. The molecule has 6 heteroatoms. The van der Waals surface area contributed by atoms with Gasteiger partial charge in [0, 0.05) is 17.1 Å². The van der Waals surface area contributed by atoms with Crippen molar-refractivity contribution < 1.29 is 4.79 Å². The van der Waals surface area contributed by atoms with Gasteiger partial charge in [-0.05, 0) is 12.1 Å². The number of nitrogens with zero attached hydrogens (tertiary/aromatic N) is 2. The zero-order chi connectivity index (χ0) is 15.6. The standard InChI is InChI=1S/C17H12N4OS/c22-16(21-17-18-9-10-23-17)12-7-4-8-13-14(12)20-15(19-13)11-5-2-1-3-6-11/h1-10H,(H,19,20)(H,18,21,22). The molecule has 0 saturated carbocycles. The van der Waals surface area contributed by atoms with Gasteiger partial charge in [-0.3, -0.25) is 10.1 Å². The van der Waals surface area contributed by atoms with Crippen molar-refractivity contribution in [3.05, 3.63) is 65.7 Å². The van der Waals surface area contributed by atoms with E-state index in [9.17, 15) is 4.79 Å². The van der Waals surface area contributed by atoms with Crippen LogP contribution in [0.25, 0.3) is 22.4 Å². The van der Waals surface area contributed by atoms with Crippen LogP contribution in [0, 0.1) is 0 Å². The van der Waals surface area contributed by atoms with Crippen molar-refractivity contribution in [1.29, 1.82) is 0 Å². The first-order chi connectivity index (χ1) is 11.3. The van der Waals surface area contributed by atoms with Gasteiger partial charge >= 0.3 is 0 Å². The maximum atomic E-state index is 12.5. The molecule has 4 rings (SSSR count). The Morgan fingerprint density at radius 2 is 1.96 bits per heavy atom. The first kappa shape index (κ1) is 13.7. The molecule has 0 unspecified atom stereocenters. The SMILES string of the molecule is O=C(Nc1nccs1)c1cccc2[nH]c(-c3ccccc3)nc12. The lowest BCUT2D eigenvalue weighted by molar-refractivity contribution is 0.102. The topological polar surface area (TPSA) is 70.7 Å². The van der Waals surface area contributed by atoms with Crippen LogP contribution < -0.4 is 5.32 Å². The summed E-state index contributed by atoms with van der Waals surface area (Å²) in [6.45, 7) is 0. The Kier molecular flexibility index (Phi) is 3.36. The first-order valence-electron chi connectivity index (χ1n) is 7.06. The summed E-state index contributed by atoms with van der Waals surface area (Å²) in [5.41, 5.74) is 2.99. The van der Waals surface area contributed by atoms with Crippen molar-refractivity contribution in [2.24, 2.45) is 0 Å². The molecule has 5 nitrogen and oxygen atoms in total. The summed E-state index contributed by atoms with van der Waals surface area (Å²) in [5, 5.41) is 5.19. The van der Waals surface area contributed by atoms with E-state index in [1.54, 1.807) is 12.3 Å². The van der Waals surface area contributed by atoms with E-state index in [1.165, 1.54) is 11.3 Å². The molecule has 0 radical (unpaired) electrons. The molecule has 112 valence electrons. The van der Waals surface area contributed by atoms with Gasteiger partial charge in [-0.25, -0.2) is 9.97 Å². The number of nitrogens with one attached hydrogen (secondary N) is 2. The minimum atomic E-state index is -0.211. The molecule has 1 amide bonds. The normalized spacial score (nSPS) is 10.8. The Bertz CT molecular complexity index is 961. The molecule has 23 heavy (non-hydrogen) atoms. The van der Waals surface area contributed by atoms with Crippen molar-refractivity contribution in [2.75, 3.05) is 5.32 Å². The van der Waals surface area contributed by atoms with Gasteiger partial charge in [0.25, 0.3) is 5.91 Å². The lowest BCUT2D eigenvalue weighted by Gasteiger charge is -2.02. The van der Waals surface area contributed by atoms with Crippen LogP contribution >= 0.6 is 11.3 Å². The average Bonchev–Trinajstić information content (AvgIpc) is 3.24. The summed E-state index contributed by atoms with van der Waals surface area (Å²) in [6.07, 6.45) is 1.66. The highest BCUT2D eigenvalue weighted by atomic mass is 32.1. The third-order valence-corrected chi connectivity index (χ3v) is 4.15. The number of rotatable bonds is 3. The number of aromatic amines is 1. The highest BCUT2D eigenvalue weighted by molar-refractivity contribution is 7.13. The first-order valence-corrected chi connectivity index (χ1v) is 7.94. The van der Waals surface area contributed by atoms with Gasteiger partial charge in [0.05, 0.1) is 11.1 Å². The summed E-state index contributed by atoms with van der Waals surface area (Å²) in [4.78, 5) is 24.4. The van der Waals surface area contributed by atoms with Crippen LogP contribution in [0.3, 0.4) is 0 Å². The van der Waals surface area contributed by atoms with Gasteiger partial charge in [-0.1, -0.05) is 36.4 Å². The van der Waals surface area contributed by atoms with E-state index < -0.39 is 0 Å². The quantitative estimate of drug-likeness (QED) is 0.600. The largest absolute Gasteiger partial charge is 0.338 e. The van der Waals surface area contributed by atoms with Crippen molar-refractivity contribution in [1.82, 2.24) is 15.0 Å². The summed E-state index contributed by atoms with van der Waals surface area (Å²) >= 11 is 1.38. The molecule has 0 aliphatic heterocycles. The van der Waals surface area contributed by atoms with Gasteiger partial charge in [0.15, 0.2) is 5.13 Å². The number of benzene rings is 2. The molecule has 0 spiro atoms. The number of carbonyl (C=O) groups is 1. The third-order valence-electron chi connectivity index (χ3n) is 3.46. The van der Waals surface area contributed by atoms with Gasteiger partial charge in [0.2, 0.25) is 0 Å². The number of imidazole rings is 1. The second kappa shape index (κ2) is 5.66. The van der Waals surface area contributed by atoms with E-state index in [2.05, 4.69) is 20.3 Å². The molecular weight excluding hydrogens is 308 g/mol. The summed E-state index contributed by atoms with van der Waals surface area (Å²) in [7, 11) is 0. The minimum absolute atomic E-state index is 0.211. The van der Waals surface area contributed by atoms with E-state index in [0.29, 0.717) is 16.2 Å². The van der Waals surface area contributed by atoms with E-state index in [4.69, 9.17) is 0 Å². The molecule has 2 aromatic carbocycles. The van der Waals surface area contributed by atoms with Gasteiger partial charge in [-0.2, -0.15) is 0 Å². The number of para-hydroxylation sites is 1. The Morgan fingerprint density at radius 1 is 1.09 bits per heavy atom. The second-order valence-electron chi connectivity index (χ2n) is 4.94. The minimum Gasteiger partial charge on any atom is -0.338 e. The van der Waals surface area contributed by atoms with Gasteiger partial charge in [0.1, 0.15) is 11.3 Å². The van der Waals surface area contributed by atoms with E-state index in [1.807, 2.05) is 47.8 Å². The number of hydrogen-bond acceptors (Lipinski definition) is 4. The van der Waals surface area contributed by atoms with Crippen LogP contribution in [0.4, 0.5) is 5.13 Å². The lowest BCUT2D eigenvalue weighted by atomic mass is 10.2. The van der Waals surface area contributed by atoms with Crippen LogP contribution in [0.5, 0.6) is 0 Å². The van der Waals surface area contributed by atoms with Crippen LogP contribution in [0.2, 0.25) is 0 Å². The number of amides is 1. The number of aromatic nitrogens is 3. The fourth-order valence-electron chi connectivity index (χ4n) is 2.40. The van der Waals surface area contributed by atoms with E-state index in [0.717, 1.165) is 16.9 Å². The predicted octanol–water partition coefficient (Wildman–Crippen LogP) is 3.94. The van der Waals surface area contributed by atoms with Crippen LogP contribution in [-0.4, -0.2) is 20.9 Å². The predicted molar refractivity (Wildman–Crippen MR) is 91.6 cm³/mol. The average molecular weight is 320 g/mol. The Labute approximate surface area is 136 Å². The number of carbonyl (C=O) groups excluding carboxylic acids is 1. The van der Waals surface area contributed by atoms with Crippen LogP contribution in [0.1, 0.15) is 10.4 Å². The fourth-order valence-corrected chi connectivity index (χ4v) is 2.92. The molecule has 0 aliphatic rings. The van der Waals surface area contributed by atoms with Gasteiger partial charge < -0.3 is 4.98 Å². The van der Waals surface area contributed by atoms with Crippen molar-refractivity contribution >= 4 is 33.4 Å². The maximum absolute atomic E-state index is 12.5. The molecule has 2 N–H and O–H groups in total. The number of thiazole rings is 1. The molecular formula is C17H12N4OS. The Morgan fingerprint density at radius 3 is 2.74 bits per heavy atom. The molecule has 0 saturated heterocycles. The van der Waals surface area contributed by atoms with Crippen LogP contribution in [0.15, 0.2) is 60.1 Å². The van der Waals surface area contributed by atoms with E-state index >= 15 is 0 Å². The number of hydrogen-bond donors (Lipinski definition) is 2. The monoisotopic (exact) mass is 320 g/mol. The number of H-pyrrole nitrogens is 1. The lowest BCUT2D eigenvalue weighted by Crippen LogP contribution is -2.12. The van der Waals surface area contributed by atoms with Crippen molar-refractivity contribution in [3.8, 4) is 11.4 Å². The van der Waals surface area contributed by atoms with Crippen LogP contribution in [-0.2, 0) is 0 Å². The summed E-state index contributed by atoms with van der Waals surface area (Å²) < 4.78 is 0. The molecule has 2 aromatic heterocycles. The molecule has 4 aromatic rings. The smallest absolute Gasteiger partial charge is 0.259 e. The highest BCUT2D eigenvalue weighted by Crippen LogP contribution is 2.23. The van der Waals surface area contributed by atoms with E-state index in [-0.39, 0.29) is 5.91 Å². The Balaban J connectivity index is 1.76. The fraction of sp³-hybridized carbons (Fsp3) is 0. The number of anilines is 1. The molecule has 0 aliphatic carbocycles. The molecule has 2 heterocycles. The zero-order valence-electron chi connectivity index (χ0n) is 12.0. The molecule has 0 bridgehead atoms. The molecule has 0 atom stereocenters. The third kappa shape index (κ3) is 2.60. The summed E-state index contributed by atoms with van der Waals surface area (Å²) in [5.74, 6) is 0.534.